The van der Waals surface area contributed by atoms with E-state index in [1.807, 2.05) is 7.05 Å². The Balaban J connectivity index is 2.03. The highest BCUT2D eigenvalue weighted by molar-refractivity contribution is 5.39. The molecule has 0 spiro atoms. The number of nitrogens with zero attached hydrogens (tertiary/aromatic N) is 4. The van der Waals surface area contributed by atoms with Gasteiger partial charge in [-0.2, -0.15) is 10.1 Å². The van der Waals surface area contributed by atoms with Crippen molar-refractivity contribution in [2.45, 2.75) is 32.2 Å². The first-order valence-electron chi connectivity index (χ1n) is 5.69. The molecule has 92 valence electrons. The van der Waals surface area contributed by atoms with E-state index in [0.29, 0.717) is 23.6 Å². The Labute approximate surface area is 99.0 Å². The standard InChI is InChI=1S/C10H16N6O/c1-3-4-7(11-2)5-8-14-10(16-17-8)9-12-6-13-15-9/h6-7,11H,3-5H2,1-2H3,(H,12,13,15). The first-order chi connectivity index (χ1) is 8.33. The molecular weight excluding hydrogens is 220 g/mol. The molecule has 17 heavy (non-hydrogen) atoms. The zero-order chi connectivity index (χ0) is 12.1. The normalized spacial score (nSPS) is 12.8. The van der Waals surface area contributed by atoms with Crippen molar-refractivity contribution < 1.29 is 4.52 Å². The lowest BCUT2D eigenvalue weighted by atomic mass is 10.1. The summed E-state index contributed by atoms with van der Waals surface area (Å²) in [5.74, 6) is 1.59. The van der Waals surface area contributed by atoms with Gasteiger partial charge in [0.1, 0.15) is 6.33 Å². The molecule has 0 saturated carbocycles. The second-order valence-electron chi connectivity index (χ2n) is 3.82. The van der Waals surface area contributed by atoms with Crippen LogP contribution < -0.4 is 5.32 Å². The minimum absolute atomic E-state index is 0.364. The van der Waals surface area contributed by atoms with Crippen LogP contribution >= 0.6 is 0 Å². The van der Waals surface area contributed by atoms with Crippen molar-refractivity contribution in [1.82, 2.24) is 30.6 Å². The van der Waals surface area contributed by atoms with Crippen LogP contribution in [0.4, 0.5) is 0 Å². The maximum absolute atomic E-state index is 5.18. The topological polar surface area (TPSA) is 92.5 Å². The molecule has 2 heterocycles. The fraction of sp³-hybridized carbons (Fsp3) is 0.600. The summed E-state index contributed by atoms with van der Waals surface area (Å²) in [6.45, 7) is 2.15. The lowest BCUT2D eigenvalue weighted by Crippen LogP contribution is -2.27. The molecule has 1 atom stereocenters. The van der Waals surface area contributed by atoms with E-state index in [-0.39, 0.29) is 0 Å². The first-order valence-corrected chi connectivity index (χ1v) is 5.69. The molecule has 0 saturated heterocycles. The van der Waals surface area contributed by atoms with E-state index >= 15 is 0 Å². The van der Waals surface area contributed by atoms with Gasteiger partial charge in [-0.1, -0.05) is 18.5 Å². The Kier molecular flexibility index (Phi) is 3.81. The van der Waals surface area contributed by atoms with Crippen molar-refractivity contribution >= 4 is 0 Å². The van der Waals surface area contributed by atoms with Crippen molar-refractivity contribution in [3.8, 4) is 11.6 Å². The number of nitrogens with one attached hydrogen (secondary N) is 2. The van der Waals surface area contributed by atoms with E-state index in [1.165, 1.54) is 6.33 Å². The minimum Gasteiger partial charge on any atom is -0.339 e. The third-order valence-electron chi connectivity index (χ3n) is 2.56. The van der Waals surface area contributed by atoms with E-state index in [4.69, 9.17) is 4.52 Å². The molecule has 0 aliphatic rings. The fourth-order valence-electron chi connectivity index (χ4n) is 1.65. The van der Waals surface area contributed by atoms with Crippen LogP contribution in [0.15, 0.2) is 10.9 Å². The summed E-state index contributed by atoms with van der Waals surface area (Å²) in [4.78, 5) is 8.24. The van der Waals surface area contributed by atoms with Gasteiger partial charge in [0.25, 0.3) is 0 Å². The van der Waals surface area contributed by atoms with Crippen molar-refractivity contribution in [2.24, 2.45) is 0 Å². The molecule has 2 aromatic heterocycles. The largest absolute Gasteiger partial charge is 0.339 e. The van der Waals surface area contributed by atoms with Crippen LogP contribution in [-0.4, -0.2) is 38.4 Å². The quantitative estimate of drug-likeness (QED) is 0.770. The average Bonchev–Trinajstić information content (AvgIpc) is 2.98. The van der Waals surface area contributed by atoms with Gasteiger partial charge >= 0.3 is 0 Å². The van der Waals surface area contributed by atoms with Crippen molar-refractivity contribution in [1.29, 1.82) is 0 Å². The molecule has 1 unspecified atom stereocenters. The number of likely N-dealkylation sites (N-methyl/N-ethyl adjacent to an activating group) is 1. The van der Waals surface area contributed by atoms with E-state index < -0.39 is 0 Å². The molecule has 2 N–H and O–H groups in total. The van der Waals surface area contributed by atoms with Crippen LogP contribution in [0.2, 0.25) is 0 Å². The van der Waals surface area contributed by atoms with Gasteiger partial charge in [-0.05, 0) is 13.5 Å². The maximum atomic E-state index is 5.18. The number of aromatic nitrogens is 5. The minimum atomic E-state index is 0.364. The molecule has 0 bridgehead atoms. The summed E-state index contributed by atoms with van der Waals surface area (Å²) in [7, 11) is 1.94. The number of hydrogen-bond acceptors (Lipinski definition) is 6. The van der Waals surface area contributed by atoms with Gasteiger partial charge in [0, 0.05) is 12.5 Å². The summed E-state index contributed by atoms with van der Waals surface area (Å²) < 4.78 is 5.18. The van der Waals surface area contributed by atoms with Gasteiger partial charge in [0.05, 0.1) is 0 Å². The van der Waals surface area contributed by atoms with Crippen LogP contribution in [0.5, 0.6) is 0 Å². The molecule has 0 radical (unpaired) electrons. The highest BCUT2D eigenvalue weighted by atomic mass is 16.5. The predicted molar refractivity (Wildman–Crippen MR) is 61.1 cm³/mol. The summed E-state index contributed by atoms with van der Waals surface area (Å²) in [6.07, 6.45) is 4.34. The summed E-state index contributed by atoms with van der Waals surface area (Å²) in [5.41, 5.74) is 0. The summed E-state index contributed by atoms with van der Waals surface area (Å²) in [6, 6.07) is 0.364. The zero-order valence-electron chi connectivity index (χ0n) is 9.97. The third kappa shape index (κ3) is 2.88. The Hall–Kier alpha value is -1.76. The Morgan fingerprint density at radius 1 is 1.53 bits per heavy atom. The molecule has 0 fully saturated rings. The lowest BCUT2D eigenvalue weighted by Gasteiger charge is -2.11. The first kappa shape index (κ1) is 11.7. The summed E-state index contributed by atoms with van der Waals surface area (Å²) >= 11 is 0. The molecule has 0 aromatic carbocycles. The van der Waals surface area contributed by atoms with Crippen LogP contribution in [0.1, 0.15) is 25.7 Å². The monoisotopic (exact) mass is 236 g/mol. The van der Waals surface area contributed by atoms with E-state index in [2.05, 4.69) is 37.6 Å². The van der Waals surface area contributed by atoms with Crippen molar-refractivity contribution in [3.05, 3.63) is 12.2 Å². The van der Waals surface area contributed by atoms with E-state index in [1.54, 1.807) is 0 Å². The van der Waals surface area contributed by atoms with E-state index in [0.717, 1.165) is 19.3 Å². The highest BCUT2D eigenvalue weighted by Crippen LogP contribution is 2.11. The number of hydrogen-bond donors (Lipinski definition) is 2. The van der Waals surface area contributed by atoms with Crippen molar-refractivity contribution in [3.63, 3.8) is 0 Å². The average molecular weight is 236 g/mol. The fourth-order valence-corrected chi connectivity index (χ4v) is 1.65. The zero-order valence-corrected chi connectivity index (χ0v) is 9.97. The Morgan fingerprint density at radius 2 is 2.41 bits per heavy atom. The van der Waals surface area contributed by atoms with E-state index in [9.17, 15) is 0 Å². The molecular formula is C10H16N6O. The second-order valence-corrected chi connectivity index (χ2v) is 3.82. The Bertz CT molecular complexity index is 437. The maximum Gasteiger partial charge on any atom is 0.239 e. The molecule has 0 aliphatic carbocycles. The van der Waals surface area contributed by atoms with Crippen molar-refractivity contribution in [2.75, 3.05) is 7.05 Å². The third-order valence-corrected chi connectivity index (χ3v) is 2.56. The number of aromatic amines is 1. The lowest BCUT2D eigenvalue weighted by molar-refractivity contribution is 0.356. The van der Waals surface area contributed by atoms with Gasteiger partial charge in [-0.25, -0.2) is 4.98 Å². The SMILES string of the molecule is CCCC(Cc1nc(-c2ncn[nH]2)no1)NC. The molecule has 2 aromatic rings. The second kappa shape index (κ2) is 5.53. The van der Waals surface area contributed by atoms with Gasteiger partial charge < -0.3 is 9.84 Å². The van der Waals surface area contributed by atoms with Gasteiger partial charge in [-0.15, -0.1) is 0 Å². The molecule has 7 heteroatoms. The molecule has 2 rings (SSSR count). The van der Waals surface area contributed by atoms with Crippen LogP contribution in [-0.2, 0) is 6.42 Å². The number of rotatable bonds is 6. The smallest absolute Gasteiger partial charge is 0.239 e. The van der Waals surface area contributed by atoms with Gasteiger partial charge in [0.15, 0.2) is 5.82 Å². The molecule has 0 aliphatic heterocycles. The van der Waals surface area contributed by atoms with Gasteiger partial charge in [-0.3, -0.25) is 5.10 Å². The molecule has 7 nitrogen and oxygen atoms in total. The Morgan fingerprint density at radius 3 is 3.06 bits per heavy atom. The van der Waals surface area contributed by atoms with Crippen LogP contribution in [0, 0.1) is 0 Å². The number of H-pyrrole nitrogens is 1. The van der Waals surface area contributed by atoms with Crippen LogP contribution in [0.25, 0.3) is 11.6 Å². The summed E-state index contributed by atoms with van der Waals surface area (Å²) in [5, 5.41) is 13.5. The van der Waals surface area contributed by atoms with Crippen LogP contribution in [0.3, 0.4) is 0 Å². The predicted octanol–water partition coefficient (Wildman–Crippen LogP) is 0.785. The molecule has 0 amide bonds. The van der Waals surface area contributed by atoms with Gasteiger partial charge in [0.2, 0.25) is 11.7 Å². The highest BCUT2D eigenvalue weighted by Gasteiger charge is 2.14.